The van der Waals surface area contributed by atoms with E-state index < -0.39 is 0 Å². The average Bonchev–Trinajstić information content (AvgIpc) is 3.46. The Labute approximate surface area is 226 Å². The Balaban J connectivity index is 1.09. The van der Waals surface area contributed by atoms with E-state index in [2.05, 4.69) is 86.4 Å². The van der Waals surface area contributed by atoms with Crippen LogP contribution in [-0.2, 0) is 4.84 Å². The molecule has 3 aromatic rings. The first kappa shape index (κ1) is 25.1. The first-order valence-corrected chi connectivity index (χ1v) is 14.0. The second-order valence-corrected chi connectivity index (χ2v) is 10.8. The minimum atomic E-state index is 0.153. The predicted molar refractivity (Wildman–Crippen MR) is 153 cm³/mol. The van der Waals surface area contributed by atoms with Gasteiger partial charge in [-0.05, 0) is 56.1 Å². The zero-order valence-electron chi connectivity index (χ0n) is 22.6. The molecule has 38 heavy (non-hydrogen) atoms. The van der Waals surface area contributed by atoms with Gasteiger partial charge >= 0.3 is 0 Å². The van der Waals surface area contributed by atoms with Crippen LogP contribution in [0.2, 0.25) is 0 Å². The van der Waals surface area contributed by atoms with Gasteiger partial charge in [-0.25, -0.2) is 15.0 Å². The molecule has 0 saturated carbocycles. The summed E-state index contributed by atoms with van der Waals surface area (Å²) in [5.41, 5.74) is 4.82. The van der Waals surface area contributed by atoms with Crippen molar-refractivity contribution in [3.8, 4) is 0 Å². The van der Waals surface area contributed by atoms with E-state index in [1.165, 1.54) is 55.8 Å². The summed E-state index contributed by atoms with van der Waals surface area (Å²) in [6.45, 7) is 9.90. The Morgan fingerprint density at radius 1 is 0.868 bits per heavy atom. The third-order valence-electron chi connectivity index (χ3n) is 8.32. The molecular weight excluding hydrogens is 474 g/mol. The molecule has 8 nitrogen and oxygen atoms in total. The first-order chi connectivity index (χ1) is 18.6. The maximum atomic E-state index is 5.97. The van der Waals surface area contributed by atoms with Gasteiger partial charge in [0.05, 0.1) is 12.6 Å². The minimum Gasteiger partial charge on any atom is -0.371 e. The molecule has 1 N–H and O–H groups in total. The van der Waals surface area contributed by atoms with Crippen LogP contribution >= 0.6 is 0 Å². The summed E-state index contributed by atoms with van der Waals surface area (Å²) in [6.07, 6.45) is 5.03. The molecule has 0 spiro atoms. The smallest absolute Gasteiger partial charge is 0.158 e. The summed E-state index contributed by atoms with van der Waals surface area (Å²) in [7, 11) is 2.23. The molecule has 8 heteroatoms. The fourth-order valence-electron chi connectivity index (χ4n) is 6.01. The number of hydrogen-bond donors (Lipinski definition) is 1. The number of rotatable bonds is 6. The SMILES string of the molecule is Cc1cc(N2CCC(N3CCN(C)CC3)CC2)ccc1Nc1cc(N2OCC[C@@H]2c2ccccc2)ncn1. The van der Waals surface area contributed by atoms with Gasteiger partial charge in [-0.15, -0.1) is 0 Å². The van der Waals surface area contributed by atoms with Crippen LogP contribution in [0.3, 0.4) is 0 Å². The maximum absolute atomic E-state index is 5.97. The predicted octanol–water partition coefficient (Wildman–Crippen LogP) is 4.63. The van der Waals surface area contributed by atoms with E-state index in [1.54, 1.807) is 6.33 Å². The molecule has 4 heterocycles. The fraction of sp³-hybridized carbons (Fsp3) is 0.467. The van der Waals surface area contributed by atoms with Crippen LogP contribution in [-0.4, -0.2) is 78.7 Å². The molecule has 1 aromatic heterocycles. The molecule has 3 fully saturated rings. The molecule has 0 amide bonds. The van der Waals surface area contributed by atoms with Crippen LogP contribution in [0.15, 0.2) is 60.9 Å². The highest BCUT2D eigenvalue weighted by atomic mass is 16.7. The van der Waals surface area contributed by atoms with Gasteiger partial charge in [0.15, 0.2) is 5.82 Å². The lowest BCUT2D eigenvalue weighted by atomic mass is 10.0. The molecule has 0 unspecified atom stereocenters. The number of hydroxylamine groups is 1. The third kappa shape index (κ3) is 5.48. The highest BCUT2D eigenvalue weighted by Gasteiger charge is 2.29. The molecule has 6 rings (SSSR count). The van der Waals surface area contributed by atoms with Crippen LogP contribution in [0.5, 0.6) is 0 Å². The van der Waals surface area contributed by atoms with Crippen molar-refractivity contribution in [3.63, 3.8) is 0 Å². The van der Waals surface area contributed by atoms with Crippen molar-refractivity contribution < 1.29 is 4.84 Å². The summed E-state index contributed by atoms with van der Waals surface area (Å²) in [5, 5.41) is 5.43. The van der Waals surface area contributed by atoms with Crippen LogP contribution < -0.4 is 15.3 Å². The molecule has 2 aromatic carbocycles. The van der Waals surface area contributed by atoms with Crippen LogP contribution in [0.1, 0.15) is 36.4 Å². The van der Waals surface area contributed by atoms with Gasteiger partial charge in [0.25, 0.3) is 0 Å². The molecule has 200 valence electrons. The molecule has 3 aliphatic rings. The summed E-state index contributed by atoms with van der Waals surface area (Å²) < 4.78 is 0. The van der Waals surface area contributed by atoms with E-state index in [0.717, 1.165) is 42.9 Å². The largest absolute Gasteiger partial charge is 0.371 e. The van der Waals surface area contributed by atoms with Crippen molar-refractivity contribution in [1.82, 2.24) is 19.8 Å². The van der Waals surface area contributed by atoms with E-state index in [1.807, 2.05) is 17.2 Å². The van der Waals surface area contributed by atoms with Crippen molar-refractivity contribution in [3.05, 3.63) is 72.1 Å². The van der Waals surface area contributed by atoms with Crippen molar-refractivity contribution in [2.24, 2.45) is 0 Å². The van der Waals surface area contributed by atoms with Crippen LogP contribution in [0, 0.1) is 6.92 Å². The number of anilines is 4. The van der Waals surface area contributed by atoms with Gasteiger partial charge in [-0.1, -0.05) is 30.3 Å². The Morgan fingerprint density at radius 2 is 1.66 bits per heavy atom. The monoisotopic (exact) mass is 513 g/mol. The first-order valence-electron chi connectivity index (χ1n) is 14.0. The van der Waals surface area contributed by atoms with Crippen molar-refractivity contribution in [2.45, 2.75) is 38.3 Å². The number of piperidine rings is 1. The maximum Gasteiger partial charge on any atom is 0.158 e. The second-order valence-electron chi connectivity index (χ2n) is 10.8. The number of nitrogens with one attached hydrogen (secondary N) is 1. The zero-order valence-corrected chi connectivity index (χ0v) is 22.6. The summed E-state index contributed by atoms with van der Waals surface area (Å²) in [5.74, 6) is 1.53. The third-order valence-corrected chi connectivity index (χ3v) is 8.32. The fourth-order valence-corrected chi connectivity index (χ4v) is 6.01. The number of likely N-dealkylation sites (N-methyl/N-ethyl adjacent to an activating group) is 1. The van der Waals surface area contributed by atoms with E-state index in [9.17, 15) is 0 Å². The molecular formula is C30H39N7O. The standard InChI is InChI=1S/C30H39N7O/c1-23-20-26(35-13-10-25(11-14-35)36-17-15-34(2)16-18-36)8-9-27(23)33-29-21-30(32-22-31-29)37-28(12-19-38-37)24-6-4-3-5-7-24/h3-9,20-22,25,28H,10-19H2,1-2H3,(H,31,32,33)/t28-/m1/s1. The van der Waals surface area contributed by atoms with Crippen LogP contribution in [0.4, 0.5) is 23.0 Å². The average molecular weight is 514 g/mol. The normalized spacial score (nSPS) is 21.7. The number of benzene rings is 2. The highest BCUT2D eigenvalue weighted by Crippen LogP contribution is 2.35. The zero-order chi connectivity index (χ0) is 25.9. The van der Waals surface area contributed by atoms with Crippen molar-refractivity contribution >= 4 is 23.0 Å². The number of nitrogens with zero attached hydrogens (tertiary/aromatic N) is 6. The Bertz CT molecular complexity index is 1210. The van der Waals surface area contributed by atoms with E-state index >= 15 is 0 Å². The lowest BCUT2D eigenvalue weighted by molar-refractivity contribution is 0.0982. The molecule has 3 saturated heterocycles. The number of hydrogen-bond acceptors (Lipinski definition) is 8. The summed E-state index contributed by atoms with van der Waals surface area (Å²) in [4.78, 5) is 22.7. The molecule has 3 aliphatic heterocycles. The lowest BCUT2D eigenvalue weighted by Crippen LogP contribution is -2.52. The van der Waals surface area contributed by atoms with Gasteiger partial charge in [-0.2, -0.15) is 0 Å². The second kappa shape index (κ2) is 11.3. The van der Waals surface area contributed by atoms with E-state index in [4.69, 9.17) is 4.84 Å². The van der Waals surface area contributed by atoms with Crippen molar-refractivity contribution in [2.75, 3.05) is 68.2 Å². The summed E-state index contributed by atoms with van der Waals surface area (Å²) >= 11 is 0. The molecule has 1 atom stereocenters. The highest BCUT2D eigenvalue weighted by molar-refractivity contribution is 5.66. The molecule has 0 bridgehead atoms. The Kier molecular flexibility index (Phi) is 7.44. The van der Waals surface area contributed by atoms with Crippen molar-refractivity contribution in [1.29, 1.82) is 0 Å². The Morgan fingerprint density at radius 3 is 2.42 bits per heavy atom. The van der Waals surface area contributed by atoms with E-state index in [0.29, 0.717) is 6.61 Å². The Hall–Kier alpha value is -3.20. The number of aromatic nitrogens is 2. The molecule has 0 aliphatic carbocycles. The minimum absolute atomic E-state index is 0.153. The van der Waals surface area contributed by atoms with Gasteiger partial charge in [0.2, 0.25) is 0 Å². The number of aryl methyl sites for hydroxylation is 1. The topological polar surface area (TPSA) is 60.0 Å². The summed E-state index contributed by atoms with van der Waals surface area (Å²) in [6, 6.07) is 20.0. The molecule has 0 radical (unpaired) electrons. The van der Waals surface area contributed by atoms with Gasteiger partial charge in [-0.3, -0.25) is 9.74 Å². The van der Waals surface area contributed by atoms with Gasteiger partial charge in [0.1, 0.15) is 12.1 Å². The van der Waals surface area contributed by atoms with Gasteiger partial charge < -0.3 is 15.1 Å². The quantitative estimate of drug-likeness (QED) is 0.512. The van der Waals surface area contributed by atoms with Gasteiger partial charge in [0, 0.05) is 69.2 Å². The number of piperazine rings is 1. The van der Waals surface area contributed by atoms with E-state index in [-0.39, 0.29) is 6.04 Å². The van der Waals surface area contributed by atoms with Crippen LogP contribution in [0.25, 0.3) is 0 Å². The lowest BCUT2D eigenvalue weighted by Gasteiger charge is -2.42.